The van der Waals surface area contributed by atoms with Gasteiger partial charge in [0.25, 0.3) is 5.91 Å². The minimum Gasteiger partial charge on any atom is -0.495 e. The van der Waals surface area contributed by atoms with Gasteiger partial charge in [-0.2, -0.15) is 0 Å². The van der Waals surface area contributed by atoms with Crippen LogP contribution in [0.25, 0.3) is 0 Å². The fourth-order valence-corrected chi connectivity index (χ4v) is 2.93. The van der Waals surface area contributed by atoms with E-state index >= 15 is 0 Å². The Hall–Kier alpha value is -3.05. The molecule has 0 saturated heterocycles. The van der Waals surface area contributed by atoms with Crippen molar-refractivity contribution in [3.63, 3.8) is 0 Å². The molecule has 28 heavy (non-hydrogen) atoms. The number of hydrogen-bond acceptors (Lipinski definition) is 4. The molecular weight excluding hydrogens is 374 g/mol. The Bertz CT molecular complexity index is 915. The van der Waals surface area contributed by atoms with E-state index in [9.17, 15) is 4.79 Å². The number of benzene rings is 2. The van der Waals surface area contributed by atoms with E-state index in [1.807, 2.05) is 18.2 Å². The van der Waals surface area contributed by atoms with Crippen molar-refractivity contribution in [2.45, 2.75) is 12.8 Å². The number of pyridine rings is 1. The Labute approximate surface area is 169 Å². The Kier molecular flexibility index (Phi) is 6.87. The lowest BCUT2D eigenvalue weighted by Crippen LogP contribution is -2.24. The second-order valence-corrected chi connectivity index (χ2v) is 6.68. The summed E-state index contributed by atoms with van der Waals surface area (Å²) in [5, 5.41) is 6.67. The van der Waals surface area contributed by atoms with E-state index in [4.69, 9.17) is 16.3 Å². The highest BCUT2D eigenvalue weighted by Gasteiger charge is 2.08. The van der Waals surface area contributed by atoms with Crippen LogP contribution in [0.3, 0.4) is 0 Å². The van der Waals surface area contributed by atoms with Gasteiger partial charge in [0.05, 0.1) is 18.4 Å². The minimum atomic E-state index is -0.132. The molecule has 0 atom stereocenters. The molecule has 1 aromatic heterocycles. The summed E-state index contributed by atoms with van der Waals surface area (Å²) in [5.41, 5.74) is 2.49. The molecule has 0 aliphatic heterocycles. The highest BCUT2D eigenvalue weighted by Crippen LogP contribution is 2.29. The van der Waals surface area contributed by atoms with Crippen molar-refractivity contribution in [3.8, 4) is 5.75 Å². The molecule has 5 nitrogen and oxygen atoms in total. The minimum absolute atomic E-state index is 0.132. The van der Waals surface area contributed by atoms with Crippen molar-refractivity contribution in [2.24, 2.45) is 0 Å². The lowest BCUT2D eigenvalue weighted by atomic mass is 10.1. The number of nitrogens with zero attached hydrogens (tertiary/aromatic N) is 1. The van der Waals surface area contributed by atoms with Crippen molar-refractivity contribution in [3.05, 3.63) is 83.0 Å². The number of carbonyl (C=O) groups excluding carboxylic acids is 1. The number of nitrogens with one attached hydrogen (secondary N) is 2. The lowest BCUT2D eigenvalue weighted by Gasteiger charge is -2.11. The quantitative estimate of drug-likeness (QED) is 0.535. The number of amides is 1. The molecule has 0 fully saturated rings. The maximum Gasteiger partial charge on any atom is 0.252 e. The SMILES string of the molecule is COc1ccc(Cl)cc1Nc1ccc(C(=O)NCCCc2ccccc2)cn1. The van der Waals surface area contributed by atoms with Crippen molar-refractivity contribution in [1.29, 1.82) is 0 Å². The van der Waals surface area contributed by atoms with Crippen LogP contribution in [0.15, 0.2) is 66.9 Å². The van der Waals surface area contributed by atoms with Gasteiger partial charge in [-0.25, -0.2) is 4.98 Å². The number of aromatic nitrogens is 1. The van der Waals surface area contributed by atoms with E-state index < -0.39 is 0 Å². The van der Waals surface area contributed by atoms with Crippen LogP contribution in [-0.2, 0) is 6.42 Å². The molecule has 0 aliphatic rings. The summed E-state index contributed by atoms with van der Waals surface area (Å²) in [5.74, 6) is 1.13. The molecule has 0 spiro atoms. The van der Waals surface area contributed by atoms with Crippen LogP contribution >= 0.6 is 11.6 Å². The van der Waals surface area contributed by atoms with E-state index in [0.29, 0.717) is 34.4 Å². The van der Waals surface area contributed by atoms with E-state index in [2.05, 4.69) is 27.8 Å². The zero-order chi connectivity index (χ0) is 19.8. The molecule has 1 heterocycles. The normalized spacial score (nSPS) is 10.4. The van der Waals surface area contributed by atoms with Crippen molar-refractivity contribution in [1.82, 2.24) is 10.3 Å². The van der Waals surface area contributed by atoms with E-state index in [0.717, 1.165) is 12.8 Å². The number of anilines is 2. The number of rotatable bonds is 8. The zero-order valence-corrected chi connectivity index (χ0v) is 16.4. The maximum absolute atomic E-state index is 12.3. The van der Waals surface area contributed by atoms with Gasteiger partial charge in [-0.05, 0) is 48.7 Å². The second kappa shape index (κ2) is 9.76. The Morgan fingerprint density at radius 1 is 1.11 bits per heavy atom. The summed E-state index contributed by atoms with van der Waals surface area (Å²) < 4.78 is 5.31. The summed E-state index contributed by atoms with van der Waals surface area (Å²) in [7, 11) is 1.59. The summed E-state index contributed by atoms with van der Waals surface area (Å²) in [6.45, 7) is 0.618. The highest BCUT2D eigenvalue weighted by molar-refractivity contribution is 6.31. The van der Waals surface area contributed by atoms with Crippen LogP contribution in [-0.4, -0.2) is 24.5 Å². The van der Waals surface area contributed by atoms with Gasteiger partial charge < -0.3 is 15.4 Å². The van der Waals surface area contributed by atoms with E-state index in [1.165, 1.54) is 5.56 Å². The van der Waals surface area contributed by atoms with Gasteiger partial charge in [-0.3, -0.25) is 4.79 Å². The topological polar surface area (TPSA) is 63.2 Å². The summed E-state index contributed by atoms with van der Waals surface area (Å²) in [6, 6.07) is 19.0. The first-order chi connectivity index (χ1) is 13.7. The first-order valence-corrected chi connectivity index (χ1v) is 9.42. The molecule has 6 heteroatoms. The number of halogens is 1. The molecule has 3 rings (SSSR count). The van der Waals surface area contributed by atoms with Gasteiger partial charge in [0, 0.05) is 17.8 Å². The third-order valence-corrected chi connectivity index (χ3v) is 4.46. The van der Waals surface area contributed by atoms with Crippen LogP contribution in [0.2, 0.25) is 5.02 Å². The molecule has 0 bridgehead atoms. The first-order valence-electron chi connectivity index (χ1n) is 9.04. The smallest absolute Gasteiger partial charge is 0.252 e. The molecule has 0 radical (unpaired) electrons. The number of methoxy groups -OCH3 is 1. The van der Waals surface area contributed by atoms with E-state index in [-0.39, 0.29) is 5.91 Å². The standard InChI is InChI=1S/C22H22ClN3O2/c1-28-20-11-10-18(23)14-19(20)26-21-12-9-17(15-25-21)22(27)24-13-5-8-16-6-3-2-4-7-16/h2-4,6-7,9-12,14-15H,5,8,13H2,1H3,(H,24,27)(H,25,26). The molecule has 144 valence electrons. The molecular formula is C22H22ClN3O2. The van der Waals surface area contributed by atoms with Crippen LogP contribution in [0.4, 0.5) is 11.5 Å². The average Bonchev–Trinajstić information content (AvgIpc) is 2.72. The van der Waals surface area contributed by atoms with Gasteiger partial charge in [-0.1, -0.05) is 41.9 Å². The van der Waals surface area contributed by atoms with Gasteiger partial charge in [0.1, 0.15) is 11.6 Å². The predicted octanol–water partition coefficient (Wildman–Crippen LogP) is 4.85. The third kappa shape index (κ3) is 5.47. The van der Waals surface area contributed by atoms with Crippen LogP contribution in [0.5, 0.6) is 5.75 Å². The Morgan fingerprint density at radius 3 is 2.64 bits per heavy atom. The van der Waals surface area contributed by atoms with Crippen LogP contribution in [0.1, 0.15) is 22.3 Å². The van der Waals surface area contributed by atoms with Crippen LogP contribution < -0.4 is 15.4 Å². The second-order valence-electron chi connectivity index (χ2n) is 6.25. The molecule has 0 saturated carbocycles. The Morgan fingerprint density at radius 2 is 1.93 bits per heavy atom. The summed E-state index contributed by atoms with van der Waals surface area (Å²) in [6.07, 6.45) is 3.37. The summed E-state index contributed by atoms with van der Waals surface area (Å²) >= 11 is 6.04. The average molecular weight is 396 g/mol. The number of ether oxygens (including phenoxy) is 1. The molecule has 3 aromatic rings. The van der Waals surface area contributed by atoms with Crippen LogP contribution in [0, 0.1) is 0 Å². The highest BCUT2D eigenvalue weighted by atomic mass is 35.5. The summed E-state index contributed by atoms with van der Waals surface area (Å²) in [4.78, 5) is 16.6. The number of carbonyl (C=O) groups is 1. The maximum atomic E-state index is 12.3. The predicted molar refractivity (Wildman–Crippen MR) is 113 cm³/mol. The van der Waals surface area contributed by atoms with E-state index in [1.54, 1.807) is 43.6 Å². The van der Waals surface area contributed by atoms with Crippen molar-refractivity contribution < 1.29 is 9.53 Å². The largest absolute Gasteiger partial charge is 0.495 e. The van der Waals surface area contributed by atoms with Gasteiger partial charge in [0.15, 0.2) is 0 Å². The van der Waals surface area contributed by atoms with Gasteiger partial charge in [-0.15, -0.1) is 0 Å². The number of hydrogen-bond donors (Lipinski definition) is 2. The molecule has 0 aliphatic carbocycles. The number of aryl methyl sites for hydroxylation is 1. The van der Waals surface area contributed by atoms with Gasteiger partial charge >= 0.3 is 0 Å². The third-order valence-electron chi connectivity index (χ3n) is 4.22. The molecule has 0 unspecified atom stereocenters. The zero-order valence-electron chi connectivity index (χ0n) is 15.6. The lowest BCUT2D eigenvalue weighted by molar-refractivity contribution is 0.0953. The van der Waals surface area contributed by atoms with Crippen molar-refractivity contribution >= 4 is 29.0 Å². The monoisotopic (exact) mass is 395 g/mol. The molecule has 1 amide bonds. The molecule has 2 N–H and O–H groups in total. The first kappa shape index (κ1) is 19.7. The van der Waals surface area contributed by atoms with Gasteiger partial charge in [0.2, 0.25) is 0 Å². The Balaban J connectivity index is 1.52. The van der Waals surface area contributed by atoms with Crippen molar-refractivity contribution in [2.75, 3.05) is 19.0 Å². The fraction of sp³-hybridized carbons (Fsp3) is 0.182. The fourth-order valence-electron chi connectivity index (χ4n) is 2.76. The molecule has 2 aromatic carbocycles.